The van der Waals surface area contributed by atoms with Crippen LogP contribution in [-0.4, -0.2) is 30.4 Å². The van der Waals surface area contributed by atoms with Gasteiger partial charge in [-0.05, 0) is 59.3 Å². The summed E-state index contributed by atoms with van der Waals surface area (Å²) in [6.45, 7) is 0.644. The van der Waals surface area contributed by atoms with Crippen molar-refractivity contribution in [3.63, 3.8) is 0 Å². The summed E-state index contributed by atoms with van der Waals surface area (Å²) in [6, 6.07) is 15.0. The van der Waals surface area contributed by atoms with E-state index in [1.165, 1.54) is 0 Å². The maximum absolute atomic E-state index is 12.5. The highest BCUT2D eigenvalue weighted by Crippen LogP contribution is 2.36. The van der Waals surface area contributed by atoms with Gasteiger partial charge in [-0.15, -0.1) is 0 Å². The molecule has 2 aliphatic heterocycles. The second-order valence-electron chi connectivity index (χ2n) is 6.09. The number of hydrogen-bond donors (Lipinski definition) is 2. The zero-order valence-corrected chi connectivity index (χ0v) is 15.0. The smallest absolute Gasteiger partial charge is 0.251 e. The normalized spacial score (nSPS) is 21.7. The molecule has 2 heterocycles. The third-order valence-electron chi connectivity index (χ3n) is 4.50. The highest BCUT2D eigenvalue weighted by molar-refractivity contribution is 14.1. The Morgan fingerprint density at radius 1 is 1.21 bits per heavy atom. The first kappa shape index (κ1) is 15.4. The number of nitrogens with one attached hydrogen (secondary N) is 2. The van der Waals surface area contributed by atoms with Crippen molar-refractivity contribution in [1.29, 1.82) is 0 Å². The highest BCUT2D eigenvalue weighted by atomic mass is 127. The van der Waals surface area contributed by atoms with E-state index in [9.17, 15) is 9.59 Å². The van der Waals surface area contributed by atoms with Gasteiger partial charge in [-0.2, -0.15) is 0 Å². The van der Waals surface area contributed by atoms with E-state index in [2.05, 4.69) is 38.1 Å². The predicted molar refractivity (Wildman–Crippen MR) is 101 cm³/mol. The molecule has 4 rings (SSSR count). The second kappa shape index (κ2) is 6.08. The molecule has 0 aromatic heterocycles. The molecule has 2 aliphatic rings. The summed E-state index contributed by atoms with van der Waals surface area (Å²) in [6.07, 6.45) is 0.621. The van der Waals surface area contributed by atoms with Crippen LogP contribution in [0.5, 0.6) is 0 Å². The molecule has 24 heavy (non-hydrogen) atoms. The summed E-state index contributed by atoms with van der Waals surface area (Å²) in [5.74, 6) is -0.0910. The lowest BCUT2D eigenvalue weighted by Gasteiger charge is -2.32. The van der Waals surface area contributed by atoms with E-state index >= 15 is 0 Å². The molecule has 2 aromatic rings. The number of amides is 2. The van der Waals surface area contributed by atoms with Crippen LogP contribution in [-0.2, 0) is 4.79 Å². The average molecular weight is 433 g/mol. The number of anilines is 2. The maximum Gasteiger partial charge on any atom is 0.251 e. The topological polar surface area (TPSA) is 61.4 Å². The second-order valence-corrected chi connectivity index (χ2v) is 7.34. The Labute approximate surface area is 153 Å². The summed E-state index contributed by atoms with van der Waals surface area (Å²) < 4.78 is 1.03. The van der Waals surface area contributed by atoms with Gasteiger partial charge < -0.3 is 15.5 Å². The van der Waals surface area contributed by atoms with Crippen LogP contribution in [0, 0.1) is 3.57 Å². The lowest BCUT2D eigenvalue weighted by atomic mass is 10.1. The third-order valence-corrected chi connectivity index (χ3v) is 5.17. The molecule has 5 nitrogen and oxygen atoms in total. The van der Waals surface area contributed by atoms with Crippen LogP contribution < -0.4 is 15.5 Å². The van der Waals surface area contributed by atoms with Gasteiger partial charge in [-0.25, -0.2) is 0 Å². The van der Waals surface area contributed by atoms with E-state index in [0.29, 0.717) is 18.5 Å². The van der Waals surface area contributed by atoms with Gasteiger partial charge in [0.2, 0.25) is 5.91 Å². The lowest BCUT2D eigenvalue weighted by molar-refractivity contribution is -0.117. The molecular weight excluding hydrogens is 417 g/mol. The Kier molecular flexibility index (Phi) is 3.91. The zero-order chi connectivity index (χ0) is 16.7. The van der Waals surface area contributed by atoms with Gasteiger partial charge in [0.1, 0.15) is 6.04 Å². The molecular formula is C18H16IN3O2. The van der Waals surface area contributed by atoms with Crippen molar-refractivity contribution in [2.45, 2.75) is 18.5 Å². The third kappa shape index (κ3) is 2.75. The minimum absolute atomic E-state index is 0.000270. The number of halogens is 1. The number of carbonyl (C=O) groups is 2. The van der Waals surface area contributed by atoms with Gasteiger partial charge in [-0.3, -0.25) is 9.59 Å². The molecule has 2 N–H and O–H groups in total. The number of hydrogen-bond acceptors (Lipinski definition) is 3. The van der Waals surface area contributed by atoms with Crippen molar-refractivity contribution in [3.8, 4) is 0 Å². The minimum Gasteiger partial charge on any atom is -0.356 e. The molecule has 2 aromatic carbocycles. The minimum atomic E-state index is -0.221. The fourth-order valence-corrected chi connectivity index (χ4v) is 3.94. The fourth-order valence-electron chi connectivity index (χ4n) is 3.40. The summed E-state index contributed by atoms with van der Waals surface area (Å²) in [5, 5.41) is 6.02. The molecule has 122 valence electrons. The first-order chi connectivity index (χ1) is 11.6. The molecule has 2 unspecified atom stereocenters. The van der Waals surface area contributed by atoms with E-state index < -0.39 is 0 Å². The van der Waals surface area contributed by atoms with Gasteiger partial charge in [0.05, 0.1) is 11.4 Å². The van der Waals surface area contributed by atoms with E-state index in [4.69, 9.17) is 0 Å². The summed E-state index contributed by atoms with van der Waals surface area (Å²) in [4.78, 5) is 26.9. The SMILES string of the molecule is O=C(NC1CC2C(=O)Nc3ccccc3N2C1)c1cccc(I)c1. The Morgan fingerprint density at radius 3 is 2.88 bits per heavy atom. The molecule has 1 fully saturated rings. The zero-order valence-electron chi connectivity index (χ0n) is 12.8. The maximum atomic E-state index is 12.5. The molecule has 2 atom stereocenters. The van der Waals surface area contributed by atoms with E-state index in [1.54, 1.807) is 0 Å². The number of rotatable bonds is 2. The van der Waals surface area contributed by atoms with E-state index in [0.717, 1.165) is 14.9 Å². The number of benzene rings is 2. The van der Waals surface area contributed by atoms with Crippen molar-refractivity contribution in [2.24, 2.45) is 0 Å². The number of fused-ring (bicyclic) bond motifs is 3. The van der Waals surface area contributed by atoms with Crippen LogP contribution >= 0.6 is 22.6 Å². The average Bonchev–Trinajstić information content (AvgIpc) is 2.99. The summed E-state index contributed by atoms with van der Waals surface area (Å²) in [7, 11) is 0. The van der Waals surface area contributed by atoms with Gasteiger partial charge in [0.25, 0.3) is 5.91 Å². The summed E-state index contributed by atoms with van der Waals surface area (Å²) in [5.41, 5.74) is 2.51. The molecule has 0 radical (unpaired) electrons. The first-order valence-electron chi connectivity index (χ1n) is 7.85. The summed E-state index contributed by atoms with van der Waals surface area (Å²) >= 11 is 2.19. The highest BCUT2D eigenvalue weighted by Gasteiger charge is 2.41. The Morgan fingerprint density at radius 2 is 2.04 bits per heavy atom. The Balaban J connectivity index is 1.52. The Bertz CT molecular complexity index is 823. The van der Waals surface area contributed by atoms with Crippen LogP contribution in [0.15, 0.2) is 48.5 Å². The number of para-hydroxylation sites is 2. The van der Waals surface area contributed by atoms with Crippen molar-refractivity contribution in [1.82, 2.24) is 5.32 Å². The monoisotopic (exact) mass is 433 g/mol. The first-order valence-corrected chi connectivity index (χ1v) is 8.92. The quantitative estimate of drug-likeness (QED) is 0.717. The van der Waals surface area contributed by atoms with Gasteiger partial charge >= 0.3 is 0 Å². The van der Waals surface area contributed by atoms with Gasteiger partial charge in [0.15, 0.2) is 0 Å². The van der Waals surface area contributed by atoms with Crippen molar-refractivity contribution in [3.05, 3.63) is 57.7 Å². The molecule has 0 spiro atoms. The molecule has 6 heteroatoms. The standard InChI is InChI=1S/C18H16IN3O2/c19-12-5-3-4-11(8-12)17(23)20-13-9-16-18(24)21-14-6-1-2-7-15(14)22(16)10-13/h1-8,13,16H,9-10H2,(H,20,23)(H,21,24). The van der Waals surface area contributed by atoms with Crippen molar-refractivity contribution in [2.75, 3.05) is 16.8 Å². The molecule has 0 saturated carbocycles. The number of carbonyl (C=O) groups excluding carboxylic acids is 2. The van der Waals surface area contributed by atoms with Crippen molar-refractivity contribution < 1.29 is 9.59 Å². The lowest BCUT2D eigenvalue weighted by Crippen LogP contribution is -2.44. The molecule has 0 bridgehead atoms. The van der Waals surface area contributed by atoms with Gasteiger partial charge in [-0.1, -0.05) is 18.2 Å². The van der Waals surface area contributed by atoms with E-state index in [-0.39, 0.29) is 23.9 Å². The Hall–Kier alpha value is -2.09. The van der Waals surface area contributed by atoms with Crippen LogP contribution in [0.3, 0.4) is 0 Å². The fraction of sp³-hybridized carbons (Fsp3) is 0.222. The molecule has 2 amide bonds. The van der Waals surface area contributed by atoms with Gasteiger partial charge in [0, 0.05) is 21.7 Å². The van der Waals surface area contributed by atoms with Crippen LogP contribution in [0.4, 0.5) is 11.4 Å². The molecule has 1 saturated heterocycles. The largest absolute Gasteiger partial charge is 0.356 e. The van der Waals surface area contributed by atoms with Crippen molar-refractivity contribution >= 4 is 45.8 Å². The molecule has 0 aliphatic carbocycles. The number of nitrogens with zero attached hydrogens (tertiary/aromatic N) is 1. The van der Waals surface area contributed by atoms with E-state index in [1.807, 2.05) is 48.5 Å². The predicted octanol–water partition coefficient (Wildman–Crippen LogP) is 2.62. The van der Waals surface area contributed by atoms with Crippen LogP contribution in [0.25, 0.3) is 0 Å². The van der Waals surface area contributed by atoms with Crippen LogP contribution in [0.2, 0.25) is 0 Å². The van der Waals surface area contributed by atoms with Crippen LogP contribution in [0.1, 0.15) is 16.8 Å².